The molecule has 2 amide bonds. The molecule has 0 fully saturated rings. The van der Waals surface area contributed by atoms with Crippen molar-refractivity contribution in [3.05, 3.63) is 41.7 Å². The number of hydrogen-bond acceptors (Lipinski definition) is 4. The van der Waals surface area contributed by atoms with Gasteiger partial charge in [-0.05, 0) is 32.9 Å². The minimum Gasteiger partial charge on any atom is -0.466 e. The van der Waals surface area contributed by atoms with Crippen molar-refractivity contribution in [2.75, 3.05) is 5.32 Å². The molecule has 0 bridgehead atoms. The Labute approximate surface area is 140 Å². The Morgan fingerprint density at radius 3 is 2.79 bits per heavy atom. The second-order valence-corrected chi connectivity index (χ2v) is 6.12. The maximum Gasteiger partial charge on any atom is 0.278 e. The number of carbonyl (C=O) groups is 2. The standard InChI is InChI=1S/C17H20N4O3/c1-10(12-9-21(4)20-11(12)2)18-15(22)17(3)16(23)19-13-7-5-6-8-14(13)24-17/h5-10H,1-4H3,(H,18,22)(H,19,23). The molecule has 0 radical (unpaired) electrons. The Morgan fingerprint density at radius 2 is 2.12 bits per heavy atom. The van der Waals surface area contributed by atoms with E-state index in [1.807, 2.05) is 27.1 Å². The zero-order chi connectivity index (χ0) is 17.5. The van der Waals surface area contributed by atoms with Crippen molar-refractivity contribution >= 4 is 17.5 Å². The number of aryl methyl sites for hydroxylation is 2. The Balaban J connectivity index is 1.81. The van der Waals surface area contributed by atoms with Crippen LogP contribution in [0.15, 0.2) is 30.5 Å². The van der Waals surface area contributed by atoms with E-state index in [1.165, 1.54) is 6.92 Å². The van der Waals surface area contributed by atoms with Gasteiger partial charge in [-0.3, -0.25) is 14.3 Å². The van der Waals surface area contributed by atoms with Crippen LogP contribution in [0.1, 0.15) is 31.1 Å². The van der Waals surface area contributed by atoms with Gasteiger partial charge in [-0.1, -0.05) is 12.1 Å². The molecule has 2 aromatic rings. The number of anilines is 1. The minimum absolute atomic E-state index is 0.295. The van der Waals surface area contributed by atoms with Crippen LogP contribution in [-0.2, 0) is 16.6 Å². The molecule has 3 rings (SSSR count). The maximum atomic E-state index is 12.7. The lowest BCUT2D eigenvalue weighted by Gasteiger charge is -2.34. The van der Waals surface area contributed by atoms with E-state index in [1.54, 1.807) is 28.9 Å². The van der Waals surface area contributed by atoms with Gasteiger partial charge in [0.1, 0.15) is 5.75 Å². The van der Waals surface area contributed by atoms with Gasteiger partial charge in [0.15, 0.2) is 0 Å². The first kappa shape index (κ1) is 16.0. The second kappa shape index (κ2) is 5.67. The van der Waals surface area contributed by atoms with Gasteiger partial charge in [0.25, 0.3) is 17.4 Å². The Kier molecular flexibility index (Phi) is 3.79. The predicted octanol–water partition coefficient (Wildman–Crippen LogP) is 1.70. The van der Waals surface area contributed by atoms with Crippen molar-refractivity contribution in [3.8, 4) is 5.75 Å². The van der Waals surface area contributed by atoms with Crippen LogP contribution < -0.4 is 15.4 Å². The summed E-state index contributed by atoms with van der Waals surface area (Å²) in [5.74, 6) is -0.515. The molecule has 126 valence electrons. The van der Waals surface area contributed by atoms with Gasteiger partial charge in [0.2, 0.25) is 0 Å². The fraction of sp³-hybridized carbons (Fsp3) is 0.353. The van der Waals surface area contributed by atoms with E-state index in [-0.39, 0.29) is 6.04 Å². The number of nitrogens with zero attached hydrogens (tertiary/aromatic N) is 2. The maximum absolute atomic E-state index is 12.7. The molecule has 0 spiro atoms. The van der Waals surface area contributed by atoms with Crippen LogP contribution in [0.3, 0.4) is 0 Å². The summed E-state index contributed by atoms with van der Waals surface area (Å²) in [5.41, 5.74) is 0.656. The summed E-state index contributed by atoms with van der Waals surface area (Å²) in [6, 6.07) is 6.73. The SMILES string of the molecule is Cc1nn(C)cc1C(C)NC(=O)C1(C)Oc2ccccc2NC1=O. The number of hydrogen-bond donors (Lipinski definition) is 2. The Morgan fingerprint density at radius 1 is 1.42 bits per heavy atom. The van der Waals surface area contributed by atoms with Crippen molar-refractivity contribution in [3.63, 3.8) is 0 Å². The fourth-order valence-electron chi connectivity index (χ4n) is 2.77. The molecule has 2 atom stereocenters. The number of para-hydroxylation sites is 2. The van der Waals surface area contributed by atoms with E-state index in [0.29, 0.717) is 11.4 Å². The second-order valence-electron chi connectivity index (χ2n) is 6.12. The minimum atomic E-state index is -1.63. The molecule has 7 heteroatoms. The first-order valence-electron chi connectivity index (χ1n) is 7.72. The summed E-state index contributed by atoms with van der Waals surface area (Å²) in [7, 11) is 1.82. The van der Waals surface area contributed by atoms with E-state index in [9.17, 15) is 9.59 Å². The van der Waals surface area contributed by atoms with Crippen LogP contribution >= 0.6 is 0 Å². The van der Waals surface area contributed by atoms with Gasteiger partial charge in [-0.25, -0.2) is 0 Å². The lowest BCUT2D eigenvalue weighted by atomic mass is 10.0. The highest BCUT2D eigenvalue weighted by atomic mass is 16.5. The number of benzene rings is 1. The molecule has 1 aromatic heterocycles. The van der Waals surface area contributed by atoms with Crippen molar-refractivity contribution in [2.24, 2.45) is 7.05 Å². The van der Waals surface area contributed by atoms with Gasteiger partial charge in [-0.15, -0.1) is 0 Å². The van der Waals surface area contributed by atoms with Gasteiger partial charge in [0, 0.05) is 18.8 Å². The van der Waals surface area contributed by atoms with E-state index in [2.05, 4.69) is 15.7 Å². The number of nitrogens with one attached hydrogen (secondary N) is 2. The largest absolute Gasteiger partial charge is 0.466 e. The summed E-state index contributed by atoms with van der Waals surface area (Å²) in [4.78, 5) is 25.1. The zero-order valence-corrected chi connectivity index (χ0v) is 14.1. The van der Waals surface area contributed by atoms with Gasteiger partial charge >= 0.3 is 0 Å². The van der Waals surface area contributed by atoms with Crippen LogP contribution in [0.2, 0.25) is 0 Å². The summed E-state index contributed by atoms with van der Waals surface area (Å²) >= 11 is 0. The highest BCUT2D eigenvalue weighted by molar-refractivity contribution is 6.15. The molecule has 2 N–H and O–H groups in total. The number of amides is 2. The number of rotatable bonds is 3. The molecule has 1 aromatic carbocycles. The van der Waals surface area contributed by atoms with E-state index < -0.39 is 17.4 Å². The fourth-order valence-corrected chi connectivity index (χ4v) is 2.77. The van der Waals surface area contributed by atoms with Crippen LogP contribution in [0.5, 0.6) is 5.75 Å². The van der Waals surface area contributed by atoms with Gasteiger partial charge < -0.3 is 15.4 Å². The summed E-state index contributed by atoms with van der Waals surface area (Å²) < 4.78 is 7.41. The average Bonchev–Trinajstić information content (AvgIpc) is 2.87. The highest BCUT2D eigenvalue weighted by Gasteiger charge is 2.47. The normalized spacial score (nSPS) is 20.6. The van der Waals surface area contributed by atoms with E-state index in [4.69, 9.17) is 4.74 Å². The monoisotopic (exact) mass is 328 g/mol. The smallest absolute Gasteiger partial charge is 0.278 e. The molecule has 24 heavy (non-hydrogen) atoms. The number of carbonyl (C=O) groups excluding carboxylic acids is 2. The molecular weight excluding hydrogens is 308 g/mol. The predicted molar refractivity (Wildman–Crippen MR) is 88.6 cm³/mol. The molecule has 0 saturated heterocycles. The molecule has 1 aliphatic heterocycles. The van der Waals surface area contributed by atoms with Crippen LogP contribution in [-0.4, -0.2) is 27.2 Å². The molecule has 2 heterocycles. The summed E-state index contributed by atoms with van der Waals surface area (Å²) in [6.07, 6.45) is 1.85. The molecule has 0 aliphatic carbocycles. The quantitative estimate of drug-likeness (QED) is 0.840. The van der Waals surface area contributed by atoms with E-state index >= 15 is 0 Å². The Bertz CT molecular complexity index is 814. The zero-order valence-electron chi connectivity index (χ0n) is 14.1. The third kappa shape index (κ3) is 2.62. The lowest BCUT2D eigenvalue weighted by molar-refractivity contribution is -0.147. The third-order valence-electron chi connectivity index (χ3n) is 4.18. The van der Waals surface area contributed by atoms with Gasteiger partial charge in [-0.2, -0.15) is 5.10 Å². The number of fused-ring (bicyclic) bond motifs is 1. The van der Waals surface area contributed by atoms with Crippen molar-refractivity contribution in [2.45, 2.75) is 32.4 Å². The van der Waals surface area contributed by atoms with Gasteiger partial charge in [0.05, 0.1) is 17.4 Å². The topological polar surface area (TPSA) is 85.2 Å². The first-order chi connectivity index (χ1) is 11.3. The van der Waals surface area contributed by atoms with Crippen molar-refractivity contribution in [1.29, 1.82) is 0 Å². The average molecular weight is 328 g/mol. The van der Waals surface area contributed by atoms with Crippen LogP contribution in [0, 0.1) is 6.92 Å². The first-order valence-corrected chi connectivity index (χ1v) is 7.72. The molecule has 7 nitrogen and oxygen atoms in total. The highest BCUT2D eigenvalue weighted by Crippen LogP contribution is 2.33. The van der Waals surface area contributed by atoms with Crippen molar-refractivity contribution < 1.29 is 14.3 Å². The third-order valence-corrected chi connectivity index (χ3v) is 4.18. The molecule has 0 saturated carbocycles. The number of ether oxygens (including phenoxy) is 1. The lowest BCUT2D eigenvalue weighted by Crippen LogP contribution is -2.59. The van der Waals surface area contributed by atoms with Crippen molar-refractivity contribution in [1.82, 2.24) is 15.1 Å². The molecular formula is C17H20N4O3. The molecule has 2 unspecified atom stereocenters. The summed E-state index contributed by atoms with van der Waals surface area (Å²) in [5, 5.41) is 9.83. The van der Waals surface area contributed by atoms with Crippen LogP contribution in [0.25, 0.3) is 0 Å². The molecule has 1 aliphatic rings. The number of aromatic nitrogens is 2. The summed E-state index contributed by atoms with van der Waals surface area (Å²) in [6.45, 7) is 5.19. The van der Waals surface area contributed by atoms with Crippen LogP contribution in [0.4, 0.5) is 5.69 Å². The Hall–Kier alpha value is -2.83. The van der Waals surface area contributed by atoms with E-state index in [0.717, 1.165) is 11.3 Å².